The van der Waals surface area contributed by atoms with E-state index >= 15 is 0 Å². The van der Waals surface area contributed by atoms with E-state index in [1.807, 2.05) is 19.9 Å². The van der Waals surface area contributed by atoms with Crippen LogP contribution >= 0.6 is 11.8 Å². The maximum absolute atomic E-state index is 12.1. The molecule has 0 aliphatic rings. The third kappa shape index (κ3) is 9.08. The molecule has 1 heterocycles. The van der Waals surface area contributed by atoms with Crippen LogP contribution in [0.4, 0.5) is 10.7 Å². The number of benzene rings is 1. The molecule has 0 bridgehead atoms. The molecule has 10 nitrogen and oxygen atoms in total. The van der Waals surface area contributed by atoms with Crippen LogP contribution in [0.25, 0.3) is 11.3 Å². The number of aryl methyl sites for hydroxylation is 2. The Labute approximate surface area is 209 Å². The average Bonchev–Trinajstić information content (AvgIpc) is 2.74. The van der Waals surface area contributed by atoms with Crippen LogP contribution in [0.15, 0.2) is 23.2 Å². The van der Waals surface area contributed by atoms with Crippen LogP contribution in [-0.2, 0) is 14.3 Å². The summed E-state index contributed by atoms with van der Waals surface area (Å²) in [7, 11) is 1.34. The van der Waals surface area contributed by atoms with Gasteiger partial charge in [0.15, 0.2) is 0 Å². The Hall–Kier alpha value is -3.34. The maximum Gasteiger partial charge on any atom is 0.407 e. The van der Waals surface area contributed by atoms with Crippen molar-refractivity contribution in [2.24, 2.45) is 0 Å². The van der Waals surface area contributed by atoms with Crippen LogP contribution in [0.3, 0.4) is 0 Å². The summed E-state index contributed by atoms with van der Waals surface area (Å²) < 4.78 is 10.00. The Morgan fingerprint density at radius 1 is 1.03 bits per heavy atom. The number of alkyl carbamates (subject to hydrolysis) is 1. The molecule has 1 aromatic heterocycles. The SMILES string of the molecule is COC(=O)c1cc(-c2cc(SCCNC(=O)CCNC(=O)OC(C)(C)C)nc(N)n2)c(C)cc1C. The summed E-state index contributed by atoms with van der Waals surface area (Å²) in [5.41, 5.74) is 8.91. The van der Waals surface area contributed by atoms with E-state index in [0.29, 0.717) is 28.6 Å². The fourth-order valence-corrected chi connectivity index (χ4v) is 3.91. The fourth-order valence-electron chi connectivity index (χ4n) is 3.14. The first-order chi connectivity index (χ1) is 16.4. The zero-order valence-corrected chi connectivity index (χ0v) is 21.8. The first-order valence-electron chi connectivity index (χ1n) is 11.1. The van der Waals surface area contributed by atoms with Crippen molar-refractivity contribution < 1.29 is 23.9 Å². The Morgan fingerprint density at radius 2 is 1.74 bits per heavy atom. The minimum Gasteiger partial charge on any atom is -0.465 e. The molecule has 0 fully saturated rings. The van der Waals surface area contributed by atoms with Crippen molar-refractivity contribution in [1.82, 2.24) is 20.6 Å². The molecular formula is C24H33N5O5S. The molecule has 35 heavy (non-hydrogen) atoms. The number of nitrogens with two attached hydrogens (primary N) is 1. The van der Waals surface area contributed by atoms with E-state index in [9.17, 15) is 14.4 Å². The number of esters is 1. The molecule has 2 aromatic rings. The van der Waals surface area contributed by atoms with Crippen molar-refractivity contribution in [3.8, 4) is 11.3 Å². The van der Waals surface area contributed by atoms with Crippen molar-refractivity contribution in [2.45, 2.75) is 51.7 Å². The van der Waals surface area contributed by atoms with Crippen molar-refractivity contribution >= 4 is 35.7 Å². The number of hydrogen-bond acceptors (Lipinski definition) is 9. The van der Waals surface area contributed by atoms with E-state index in [4.69, 9.17) is 15.2 Å². The molecule has 0 saturated heterocycles. The molecular weight excluding hydrogens is 470 g/mol. The average molecular weight is 504 g/mol. The normalized spacial score (nSPS) is 11.0. The summed E-state index contributed by atoms with van der Waals surface area (Å²) >= 11 is 1.42. The molecule has 0 spiro atoms. The second-order valence-electron chi connectivity index (χ2n) is 8.80. The van der Waals surface area contributed by atoms with Crippen molar-refractivity contribution in [3.63, 3.8) is 0 Å². The minimum atomic E-state index is -0.588. The summed E-state index contributed by atoms with van der Waals surface area (Å²) in [6.07, 6.45) is -0.412. The van der Waals surface area contributed by atoms with E-state index in [0.717, 1.165) is 16.7 Å². The van der Waals surface area contributed by atoms with Gasteiger partial charge in [-0.3, -0.25) is 4.79 Å². The van der Waals surface area contributed by atoms with Crippen LogP contribution in [0.5, 0.6) is 0 Å². The molecule has 0 unspecified atom stereocenters. The van der Waals surface area contributed by atoms with E-state index in [2.05, 4.69) is 20.6 Å². The number of rotatable bonds is 9. The number of carbonyl (C=O) groups excluding carboxylic acids is 3. The molecule has 0 aliphatic carbocycles. The van der Waals surface area contributed by atoms with Crippen LogP contribution in [0, 0.1) is 13.8 Å². The number of nitrogen functional groups attached to an aromatic ring is 1. The smallest absolute Gasteiger partial charge is 0.407 e. The molecule has 0 aliphatic heterocycles. The first-order valence-corrected chi connectivity index (χ1v) is 12.1. The Balaban J connectivity index is 1.92. The predicted molar refractivity (Wildman–Crippen MR) is 135 cm³/mol. The second-order valence-corrected chi connectivity index (χ2v) is 9.92. The summed E-state index contributed by atoms with van der Waals surface area (Å²) in [6.45, 7) is 9.68. The monoisotopic (exact) mass is 503 g/mol. The molecule has 0 atom stereocenters. The third-order valence-electron chi connectivity index (χ3n) is 4.67. The maximum atomic E-state index is 12.1. The molecule has 190 valence electrons. The van der Waals surface area contributed by atoms with E-state index in [-0.39, 0.29) is 24.8 Å². The van der Waals surface area contributed by atoms with Crippen LogP contribution in [0.1, 0.15) is 48.7 Å². The fraction of sp³-hybridized carbons (Fsp3) is 0.458. The van der Waals surface area contributed by atoms with Crippen molar-refractivity contribution in [1.29, 1.82) is 0 Å². The van der Waals surface area contributed by atoms with Gasteiger partial charge >= 0.3 is 12.1 Å². The topological polar surface area (TPSA) is 146 Å². The molecule has 2 amide bonds. The van der Waals surface area contributed by atoms with E-state index in [1.165, 1.54) is 18.9 Å². The molecule has 4 N–H and O–H groups in total. The van der Waals surface area contributed by atoms with Gasteiger partial charge in [0.05, 0.1) is 18.4 Å². The predicted octanol–water partition coefficient (Wildman–Crippen LogP) is 3.25. The van der Waals surface area contributed by atoms with Crippen LogP contribution < -0.4 is 16.4 Å². The number of methoxy groups -OCH3 is 1. The zero-order chi connectivity index (χ0) is 26.2. The van der Waals surface area contributed by atoms with Gasteiger partial charge in [-0.15, -0.1) is 11.8 Å². The van der Waals surface area contributed by atoms with Crippen molar-refractivity contribution in [3.05, 3.63) is 34.9 Å². The number of anilines is 1. The lowest BCUT2D eigenvalue weighted by Crippen LogP contribution is -2.35. The highest BCUT2D eigenvalue weighted by Crippen LogP contribution is 2.29. The number of aromatic nitrogens is 2. The molecule has 1 aromatic carbocycles. The summed E-state index contributed by atoms with van der Waals surface area (Å²) in [4.78, 5) is 44.3. The number of carbonyl (C=O) groups is 3. The zero-order valence-electron chi connectivity index (χ0n) is 21.0. The molecule has 0 saturated carbocycles. The Morgan fingerprint density at radius 3 is 2.40 bits per heavy atom. The summed E-state index contributed by atoms with van der Waals surface area (Å²) in [5.74, 6) is 0.0657. The van der Waals surface area contributed by atoms with Gasteiger partial charge in [-0.1, -0.05) is 6.07 Å². The minimum absolute atomic E-state index is 0.113. The lowest BCUT2D eigenvalue weighted by Gasteiger charge is -2.19. The first kappa shape index (κ1) is 27.9. The lowest BCUT2D eigenvalue weighted by atomic mass is 9.98. The van der Waals surface area contributed by atoms with Gasteiger partial charge in [-0.05, 0) is 57.9 Å². The number of nitrogens with zero attached hydrogens (tertiary/aromatic N) is 2. The van der Waals surface area contributed by atoms with Gasteiger partial charge in [-0.2, -0.15) is 0 Å². The third-order valence-corrected chi connectivity index (χ3v) is 5.58. The van der Waals surface area contributed by atoms with Gasteiger partial charge in [0.1, 0.15) is 10.6 Å². The quantitative estimate of drug-likeness (QED) is 0.203. The van der Waals surface area contributed by atoms with E-state index in [1.54, 1.807) is 32.9 Å². The van der Waals surface area contributed by atoms with Crippen molar-refractivity contribution in [2.75, 3.05) is 31.7 Å². The second kappa shape index (κ2) is 12.4. The largest absolute Gasteiger partial charge is 0.465 e. The van der Waals surface area contributed by atoms with E-state index < -0.39 is 17.7 Å². The number of ether oxygens (including phenoxy) is 2. The highest BCUT2D eigenvalue weighted by Gasteiger charge is 2.17. The molecule has 11 heteroatoms. The summed E-state index contributed by atoms with van der Waals surface area (Å²) in [5, 5.41) is 6.00. The highest BCUT2D eigenvalue weighted by atomic mass is 32.2. The highest BCUT2D eigenvalue weighted by molar-refractivity contribution is 7.99. The Kier molecular flexibility index (Phi) is 9.88. The lowest BCUT2D eigenvalue weighted by molar-refractivity contribution is -0.120. The number of hydrogen-bond donors (Lipinski definition) is 3. The Bertz CT molecular complexity index is 1080. The standard InChI is InChI=1S/C24H33N5O5S/c1-14-11-15(2)17(21(31)33-6)12-16(14)18-13-20(29-22(25)28-18)35-10-9-26-19(30)7-8-27-23(32)34-24(3,4)5/h11-13H,7-10H2,1-6H3,(H,26,30)(H,27,32)(H2,25,28,29). The van der Waals surface area contributed by atoms with Gasteiger partial charge in [0, 0.05) is 30.8 Å². The number of thioether (sulfide) groups is 1. The van der Waals surface area contributed by atoms with Crippen LogP contribution in [0.2, 0.25) is 0 Å². The van der Waals surface area contributed by atoms with Gasteiger partial charge < -0.3 is 25.8 Å². The van der Waals surface area contributed by atoms with Gasteiger partial charge in [0.2, 0.25) is 11.9 Å². The molecule has 0 radical (unpaired) electrons. The molecule has 2 rings (SSSR count). The van der Waals surface area contributed by atoms with Crippen LogP contribution in [-0.4, -0.2) is 59.5 Å². The number of amides is 2. The summed E-state index contributed by atoms with van der Waals surface area (Å²) in [6, 6.07) is 5.45. The number of nitrogens with one attached hydrogen (secondary N) is 2. The van der Waals surface area contributed by atoms with Gasteiger partial charge in [-0.25, -0.2) is 19.6 Å². The van der Waals surface area contributed by atoms with Gasteiger partial charge in [0.25, 0.3) is 0 Å².